The van der Waals surface area contributed by atoms with Crippen molar-refractivity contribution in [1.29, 1.82) is 0 Å². The van der Waals surface area contributed by atoms with Gasteiger partial charge in [-0.15, -0.1) is 0 Å². The highest BCUT2D eigenvalue weighted by atomic mass is 79.9. The van der Waals surface area contributed by atoms with Crippen LogP contribution >= 0.6 is 15.9 Å². The molecule has 1 N–H and O–H groups in total. The summed E-state index contributed by atoms with van der Waals surface area (Å²) in [6.45, 7) is 2.05. The normalized spacial score (nSPS) is 15.1. The molecule has 0 saturated carbocycles. The van der Waals surface area contributed by atoms with Crippen LogP contribution in [0.1, 0.15) is 16.8 Å². The molecule has 1 fully saturated rings. The average molecular weight is 256 g/mol. The minimum absolute atomic E-state index is 0.335. The van der Waals surface area contributed by atoms with Crippen molar-refractivity contribution in [3.05, 3.63) is 28.2 Å². The number of carboxylic acid groups (broad SMARTS) is 1. The number of carbonyl (C=O) groups is 1. The van der Waals surface area contributed by atoms with Gasteiger partial charge < -0.3 is 10.0 Å². The molecule has 0 radical (unpaired) electrons. The number of halogens is 1. The molecule has 1 aromatic carbocycles. The molecule has 1 saturated heterocycles. The Morgan fingerprint density at radius 2 is 2.07 bits per heavy atom. The van der Waals surface area contributed by atoms with Crippen molar-refractivity contribution in [2.45, 2.75) is 6.42 Å². The molecule has 0 aliphatic carbocycles. The van der Waals surface area contributed by atoms with Crippen molar-refractivity contribution in [1.82, 2.24) is 0 Å². The first kappa shape index (κ1) is 9.52. The van der Waals surface area contributed by atoms with Crippen molar-refractivity contribution < 1.29 is 9.90 Å². The number of benzene rings is 1. The van der Waals surface area contributed by atoms with E-state index >= 15 is 0 Å². The van der Waals surface area contributed by atoms with Crippen molar-refractivity contribution in [2.24, 2.45) is 0 Å². The second kappa shape index (κ2) is 3.61. The van der Waals surface area contributed by atoms with Crippen LogP contribution in [0.2, 0.25) is 0 Å². The summed E-state index contributed by atoms with van der Waals surface area (Å²) in [5, 5.41) is 8.87. The smallest absolute Gasteiger partial charge is 0.335 e. The lowest BCUT2D eigenvalue weighted by molar-refractivity contribution is 0.0697. The van der Waals surface area contributed by atoms with E-state index in [4.69, 9.17) is 5.11 Å². The molecule has 1 aliphatic heterocycles. The van der Waals surface area contributed by atoms with Gasteiger partial charge in [0.2, 0.25) is 0 Å². The van der Waals surface area contributed by atoms with Crippen LogP contribution in [0, 0.1) is 0 Å². The number of carboxylic acids is 1. The zero-order valence-corrected chi connectivity index (χ0v) is 9.12. The molecule has 2 rings (SSSR count). The van der Waals surface area contributed by atoms with Gasteiger partial charge in [0.25, 0.3) is 0 Å². The number of rotatable bonds is 2. The molecule has 0 aromatic heterocycles. The lowest BCUT2D eigenvalue weighted by atomic mass is 10.1. The molecule has 0 bridgehead atoms. The van der Waals surface area contributed by atoms with Gasteiger partial charge in [-0.2, -0.15) is 0 Å². The predicted molar refractivity (Wildman–Crippen MR) is 57.9 cm³/mol. The van der Waals surface area contributed by atoms with E-state index in [2.05, 4.69) is 20.8 Å². The van der Waals surface area contributed by atoms with Crippen LogP contribution in [0.15, 0.2) is 22.7 Å². The molecular formula is C10H10BrNO2. The van der Waals surface area contributed by atoms with Gasteiger partial charge in [-0.05, 0) is 24.6 Å². The van der Waals surface area contributed by atoms with Gasteiger partial charge in [-0.25, -0.2) is 4.79 Å². The number of aromatic carboxylic acids is 1. The number of hydrogen-bond donors (Lipinski definition) is 1. The first-order chi connectivity index (χ1) is 6.66. The highest BCUT2D eigenvalue weighted by molar-refractivity contribution is 9.10. The molecule has 14 heavy (non-hydrogen) atoms. The van der Waals surface area contributed by atoms with Crippen LogP contribution in [0.3, 0.4) is 0 Å². The standard InChI is InChI=1S/C10H10BrNO2/c11-8-4-7(10(13)14)5-9(6-8)12-2-1-3-12/h4-6H,1-3H2,(H,13,14). The fourth-order valence-corrected chi connectivity index (χ4v) is 1.94. The topological polar surface area (TPSA) is 40.5 Å². The second-order valence-electron chi connectivity index (χ2n) is 3.34. The van der Waals surface area contributed by atoms with Crippen LogP contribution in [0.4, 0.5) is 5.69 Å². The van der Waals surface area contributed by atoms with E-state index in [1.54, 1.807) is 12.1 Å². The number of nitrogens with zero attached hydrogens (tertiary/aromatic N) is 1. The third-order valence-electron chi connectivity index (χ3n) is 2.35. The van der Waals surface area contributed by atoms with Crippen LogP contribution in [0.25, 0.3) is 0 Å². The van der Waals surface area contributed by atoms with Gasteiger partial charge in [0.05, 0.1) is 5.56 Å². The summed E-state index contributed by atoms with van der Waals surface area (Å²) < 4.78 is 0.819. The predicted octanol–water partition coefficient (Wildman–Crippen LogP) is 2.36. The van der Waals surface area contributed by atoms with Gasteiger partial charge in [0.1, 0.15) is 0 Å². The molecule has 0 amide bonds. The molecule has 74 valence electrons. The van der Waals surface area contributed by atoms with E-state index in [0.717, 1.165) is 23.2 Å². The van der Waals surface area contributed by atoms with Crippen LogP contribution in [0.5, 0.6) is 0 Å². The summed E-state index contributed by atoms with van der Waals surface area (Å²) >= 11 is 3.31. The van der Waals surface area contributed by atoms with E-state index in [9.17, 15) is 4.79 Å². The molecular weight excluding hydrogens is 246 g/mol. The molecule has 1 aromatic rings. The summed E-state index contributed by atoms with van der Waals surface area (Å²) in [4.78, 5) is 13.0. The molecule has 1 heterocycles. The second-order valence-corrected chi connectivity index (χ2v) is 4.26. The molecule has 0 atom stereocenters. The van der Waals surface area contributed by atoms with Gasteiger partial charge in [0, 0.05) is 23.2 Å². The van der Waals surface area contributed by atoms with Crippen LogP contribution in [-0.4, -0.2) is 24.2 Å². The van der Waals surface area contributed by atoms with Gasteiger partial charge in [-0.1, -0.05) is 15.9 Å². The Bertz CT molecular complexity index is 374. The van der Waals surface area contributed by atoms with E-state index in [1.165, 1.54) is 6.42 Å². The number of hydrogen-bond acceptors (Lipinski definition) is 2. The third-order valence-corrected chi connectivity index (χ3v) is 2.81. The Balaban J connectivity index is 2.35. The summed E-state index contributed by atoms with van der Waals surface area (Å²) in [6.07, 6.45) is 1.19. The number of anilines is 1. The first-order valence-electron chi connectivity index (χ1n) is 4.45. The molecule has 0 spiro atoms. The zero-order chi connectivity index (χ0) is 10.1. The largest absolute Gasteiger partial charge is 0.478 e. The van der Waals surface area contributed by atoms with Crippen LogP contribution in [-0.2, 0) is 0 Å². The van der Waals surface area contributed by atoms with Crippen molar-refractivity contribution in [3.8, 4) is 0 Å². The molecule has 0 unspecified atom stereocenters. The van der Waals surface area contributed by atoms with E-state index in [1.807, 2.05) is 6.07 Å². The maximum Gasteiger partial charge on any atom is 0.335 e. The maximum absolute atomic E-state index is 10.8. The minimum atomic E-state index is -0.881. The van der Waals surface area contributed by atoms with Gasteiger partial charge in [0.15, 0.2) is 0 Å². The summed E-state index contributed by atoms with van der Waals surface area (Å²) in [6, 6.07) is 5.28. The molecule has 1 aliphatic rings. The minimum Gasteiger partial charge on any atom is -0.478 e. The lowest BCUT2D eigenvalue weighted by Gasteiger charge is -2.33. The highest BCUT2D eigenvalue weighted by Gasteiger charge is 2.16. The summed E-state index contributed by atoms with van der Waals surface area (Å²) in [5.41, 5.74) is 1.32. The van der Waals surface area contributed by atoms with Crippen LogP contribution < -0.4 is 4.90 Å². The van der Waals surface area contributed by atoms with Crippen molar-refractivity contribution in [3.63, 3.8) is 0 Å². The Hall–Kier alpha value is -1.03. The monoisotopic (exact) mass is 255 g/mol. The molecule has 3 nitrogen and oxygen atoms in total. The Morgan fingerprint density at radius 1 is 1.36 bits per heavy atom. The highest BCUT2D eigenvalue weighted by Crippen LogP contribution is 2.26. The zero-order valence-electron chi connectivity index (χ0n) is 7.53. The Morgan fingerprint density at radius 3 is 2.57 bits per heavy atom. The fourth-order valence-electron chi connectivity index (χ4n) is 1.45. The third kappa shape index (κ3) is 1.75. The van der Waals surface area contributed by atoms with Crippen molar-refractivity contribution in [2.75, 3.05) is 18.0 Å². The summed E-state index contributed by atoms with van der Waals surface area (Å²) in [7, 11) is 0. The van der Waals surface area contributed by atoms with Crippen molar-refractivity contribution >= 4 is 27.6 Å². The first-order valence-corrected chi connectivity index (χ1v) is 5.25. The quantitative estimate of drug-likeness (QED) is 0.882. The molecule has 4 heteroatoms. The van der Waals surface area contributed by atoms with E-state index in [-0.39, 0.29) is 0 Å². The lowest BCUT2D eigenvalue weighted by Crippen LogP contribution is -2.37. The van der Waals surface area contributed by atoms with E-state index in [0.29, 0.717) is 5.56 Å². The summed E-state index contributed by atoms with van der Waals surface area (Å²) in [5.74, 6) is -0.881. The van der Waals surface area contributed by atoms with Gasteiger partial charge >= 0.3 is 5.97 Å². The average Bonchev–Trinajstić information content (AvgIpc) is 1.99. The maximum atomic E-state index is 10.8. The Labute approximate surface area is 90.5 Å². The fraction of sp³-hybridized carbons (Fsp3) is 0.300. The Kier molecular flexibility index (Phi) is 2.46. The van der Waals surface area contributed by atoms with E-state index < -0.39 is 5.97 Å². The SMILES string of the molecule is O=C(O)c1cc(Br)cc(N2CCC2)c1. The van der Waals surface area contributed by atoms with Gasteiger partial charge in [-0.3, -0.25) is 0 Å².